The van der Waals surface area contributed by atoms with Crippen LogP contribution in [0.2, 0.25) is 0 Å². The number of amides is 2. The SMILES string of the molecule is O=C(CCC1CCNC1)Nc1ccccc1NC(=O)Cc1cccs1. The molecule has 3 rings (SSSR count). The van der Waals surface area contributed by atoms with Gasteiger partial charge in [-0.05, 0) is 55.4 Å². The molecule has 6 heteroatoms. The Morgan fingerprint density at radius 3 is 2.48 bits per heavy atom. The maximum absolute atomic E-state index is 12.2. The lowest BCUT2D eigenvalue weighted by Gasteiger charge is -2.13. The molecule has 2 aromatic rings. The molecule has 1 fully saturated rings. The van der Waals surface area contributed by atoms with Gasteiger partial charge < -0.3 is 16.0 Å². The van der Waals surface area contributed by atoms with Crippen molar-refractivity contribution in [2.45, 2.75) is 25.7 Å². The van der Waals surface area contributed by atoms with Crippen LogP contribution in [0, 0.1) is 5.92 Å². The number of carbonyl (C=O) groups is 2. The predicted octanol–water partition coefficient (Wildman–Crippen LogP) is 3.26. The average Bonchev–Trinajstić information content (AvgIpc) is 3.28. The van der Waals surface area contributed by atoms with Gasteiger partial charge in [0.05, 0.1) is 17.8 Å². The standard InChI is InChI=1S/C19H23N3O2S/c23-18(8-7-14-9-10-20-13-14)21-16-5-1-2-6-17(16)22-19(24)12-15-4-3-11-25-15/h1-6,11,14,20H,7-10,12-13H2,(H,21,23)(H,22,24). The minimum atomic E-state index is -0.0822. The molecule has 0 bridgehead atoms. The first-order valence-electron chi connectivity index (χ1n) is 8.62. The molecule has 0 saturated carbocycles. The van der Waals surface area contributed by atoms with E-state index in [-0.39, 0.29) is 11.8 Å². The minimum absolute atomic E-state index is 0.00754. The lowest BCUT2D eigenvalue weighted by atomic mass is 10.0. The molecule has 1 atom stereocenters. The van der Waals surface area contributed by atoms with Crippen molar-refractivity contribution in [3.05, 3.63) is 46.7 Å². The van der Waals surface area contributed by atoms with Crippen molar-refractivity contribution in [3.8, 4) is 0 Å². The van der Waals surface area contributed by atoms with Gasteiger partial charge in [0.2, 0.25) is 11.8 Å². The third kappa shape index (κ3) is 5.41. The van der Waals surface area contributed by atoms with Crippen LogP contribution < -0.4 is 16.0 Å². The molecule has 1 unspecified atom stereocenters. The van der Waals surface area contributed by atoms with E-state index in [4.69, 9.17) is 0 Å². The quantitative estimate of drug-likeness (QED) is 0.712. The molecule has 1 aromatic heterocycles. The number of benzene rings is 1. The van der Waals surface area contributed by atoms with Gasteiger partial charge >= 0.3 is 0 Å². The molecule has 5 nitrogen and oxygen atoms in total. The van der Waals surface area contributed by atoms with E-state index in [0.717, 1.165) is 30.8 Å². The lowest BCUT2D eigenvalue weighted by molar-refractivity contribution is -0.117. The van der Waals surface area contributed by atoms with E-state index >= 15 is 0 Å². The molecule has 2 heterocycles. The molecule has 0 spiro atoms. The molecule has 1 aliphatic rings. The number of rotatable bonds is 7. The van der Waals surface area contributed by atoms with Crippen LogP contribution in [0.5, 0.6) is 0 Å². The summed E-state index contributed by atoms with van der Waals surface area (Å²) >= 11 is 1.56. The highest BCUT2D eigenvalue weighted by atomic mass is 32.1. The summed E-state index contributed by atoms with van der Waals surface area (Å²) in [4.78, 5) is 25.4. The zero-order chi connectivity index (χ0) is 17.5. The van der Waals surface area contributed by atoms with Crippen LogP contribution in [0.25, 0.3) is 0 Å². The minimum Gasteiger partial charge on any atom is -0.324 e. The molecule has 2 amide bonds. The Balaban J connectivity index is 1.54. The zero-order valence-corrected chi connectivity index (χ0v) is 14.9. The molecule has 1 aromatic carbocycles. The first kappa shape index (κ1) is 17.6. The molecule has 132 valence electrons. The smallest absolute Gasteiger partial charge is 0.229 e. The number of nitrogens with one attached hydrogen (secondary N) is 3. The zero-order valence-electron chi connectivity index (χ0n) is 14.1. The topological polar surface area (TPSA) is 70.2 Å². The molecule has 25 heavy (non-hydrogen) atoms. The van der Waals surface area contributed by atoms with E-state index in [1.165, 1.54) is 0 Å². The van der Waals surface area contributed by atoms with Gasteiger partial charge in [-0.2, -0.15) is 0 Å². The molecular weight excluding hydrogens is 334 g/mol. The lowest BCUT2D eigenvalue weighted by Crippen LogP contribution is -2.18. The number of hydrogen-bond donors (Lipinski definition) is 3. The Kier molecular flexibility index (Phi) is 6.19. The van der Waals surface area contributed by atoms with Crippen LogP contribution in [0.1, 0.15) is 24.1 Å². The largest absolute Gasteiger partial charge is 0.324 e. The van der Waals surface area contributed by atoms with E-state index in [0.29, 0.717) is 30.1 Å². The van der Waals surface area contributed by atoms with Crippen molar-refractivity contribution < 1.29 is 9.59 Å². The summed E-state index contributed by atoms with van der Waals surface area (Å²) in [6.45, 7) is 2.05. The van der Waals surface area contributed by atoms with Crippen molar-refractivity contribution in [1.82, 2.24) is 5.32 Å². The van der Waals surface area contributed by atoms with Crippen LogP contribution in [0.4, 0.5) is 11.4 Å². The Morgan fingerprint density at radius 2 is 1.84 bits per heavy atom. The third-order valence-electron chi connectivity index (χ3n) is 4.33. The van der Waals surface area contributed by atoms with Crippen LogP contribution >= 0.6 is 11.3 Å². The number of anilines is 2. The number of hydrogen-bond acceptors (Lipinski definition) is 4. The summed E-state index contributed by atoms with van der Waals surface area (Å²) in [6, 6.07) is 11.2. The molecule has 1 saturated heterocycles. The van der Waals surface area contributed by atoms with Crippen LogP contribution in [-0.4, -0.2) is 24.9 Å². The summed E-state index contributed by atoms with van der Waals surface area (Å²) < 4.78 is 0. The Bertz CT molecular complexity index is 709. The number of para-hydroxylation sites is 2. The monoisotopic (exact) mass is 357 g/mol. The van der Waals surface area contributed by atoms with E-state index in [2.05, 4.69) is 16.0 Å². The van der Waals surface area contributed by atoms with Gasteiger partial charge in [-0.25, -0.2) is 0 Å². The van der Waals surface area contributed by atoms with Gasteiger partial charge in [0.15, 0.2) is 0 Å². The number of thiophene rings is 1. The molecule has 3 N–H and O–H groups in total. The molecule has 0 radical (unpaired) electrons. The van der Waals surface area contributed by atoms with Crippen molar-refractivity contribution in [3.63, 3.8) is 0 Å². The van der Waals surface area contributed by atoms with E-state index < -0.39 is 0 Å². The van der Waals surface area contributed by atoms with Gasteiger partial charge in [-0.3, -0.25) is 9.59 Å². The molecule has 0 aliphatic carbocycles. The Labute approximate surface area is 151 Å². The van der Waals surface area contributed by atoms with E-state index in [1.807, 2.05) is 41.8 Å². The first-order valence-corrected chi connectivity index (χ1v) is 9.50. The van der Waals surface area contributed by atoms with E-state index in [1.54, 1.807) is 11.3 Å². The van der Waals surface area contributed by atoms with Gasteiger partial charge in [-0.15, -0.1) is 11.3 Å². The predicted molar refractivity (Wildman–Crippen MR) is 102 cm³/mol. The summed E-state index contributed by atoms with van der Waals surface area (Å²) in [6.07, 6.45) is 2.88. The molecule has 1 aliphatic heterocycles. The summed E-state index contributed by atoms with van der Waals surface area (Å²) in [5.41, 5.74) is 1.29. The highest BCUT2D eigenvalue weighted by Gasteiger charge is 2.16. The van der Waals surface area contributed by atoms with Crippen LogP contribution in [-0.2, 0) is 16.0 Å². The average molecular weight is 357 g/mol. The summed E-state index contributed by atoms with van der Waals surface area (Å²) in [5.74, 6) is 0.500. The second kappa shape index (κ2) is 8.78. The fourth-order valence-electron chi connectivity index (χ4n) is 2.98. The number of carbonyl (C=O) groups excluding carboxylic acids is 2. The third-order valence-corrected chi connectivity index (χ3v) is 5.21. The fourth-order valence-corrected chi connectivity index (χ4v) is 3.68. The fraction of sp³-hybridized carbons (Fsp3) is 0.368. The Morgan fingerprint density at radius 1 is 1.08 bits per heavy atom. The van der Waals surface area contributed by atoms with Gasteiger partial charge in [0, 0.05) is 11.3 Å². The summed E-state index contributed by atoms with van der Waals surface area (Å²) in [7, 11) is 0. The van der Waals surface area contributed by atoms with Crippen molar-refractivity contribution >= 4 is 34.5 Å². The highest BCUT2D eigenvalue weighted by Crippen LogP contribution is 2.23. The normalized spacial score (nSPS) is 16.6. The van der Waals surface area contributed by atoms with Gasteiger partial charge in [-0.1, -0.05) is 18.2 Å². The van der Waals surface area contributed by atoms with Gasteiger partial charge in [0.1, 0.15) is 0 Å². The van der Waals surface area contributed by atoms with Gasteiger partial charge in [0.25, 0.3) is 0 Å². The first-order chi connectivity index (χ1) is 12.2. The van der Waals surface area contributed by atoms with Crippen molar-refractivity contribution in [1.29, 1.82) is 0 Å². The van der Waals surface area contributed by atoms with Crippen molar-refractivity contribution in [2.75, 3.05) is 23.7 Å². The van der Waals surface area contributed by atoms with Crippen molar-refractivity contribution in [2.24, 2.45) is 5.92 Å². The van der Waals surface area contributed by atoms with E-state index in [9.17, 15) is 9.59 Å². The maximum atomic E-state index is 12.2. The highest BCUT2D eigenvalue weighted by molar-refractivity contribution is 7.10. The maximum Gasteiger partial charge on any atom is 0.229 e. The molecular formula is C19H23N3O2S. The Hall–Kier alpha value is -2.18. The summed E-state index contributed by atoms with van der Waals surface area (Å²) in [5, 5.41) is 11.1. The second-order valence-corrected chi connectivity index (χ2v) is 7.33. The second-order valence-electron chi connectivity index (χ2n) is 6.30. The van der Waals surface area contributed by atoms with Crippen LogP contribution in [0.15, 0.2) is 41.8 Å². The van der Waals surface area contributed by atoms with Crippen LogP contribution in [0.3, 0.4) is 0 Å².